The highest BCUT2D eigenvalue weighted by Gasteiger charge is 2.28. The smallest absolute Gasteiger partial charge is 0.263 e. The molecule has 2 unspecified atom stereocenters. The third-order valence-corrected chi connectivity index (χ3v) is 4.28. The Labute approximate surface area is 141 Å². The molecule has 1 aliphatic heterocycles. The molecule has 6 heteroatoms. The van der Waals surface area contributed by atoms with Crippen LogP contribution in [0.5, 0.6) is 5.75 Å². The predicted molar refractivity (Wildman–Crippen MR) is 88.3 cm³/mol. The summed E-state index contributed by atoms with van der Waals surface area (Å²) < 4.78 is 7.79. The van der Waals surface area contributed by atoms with Crippen LogP contribution in [0.1, 0.15) is 31.4 Å². The highest BCUT2D eigenvalue weighted by Crippen LogP contribution is 2.22. The van der Waals surface area contributed by atoms with Gasteiger partial charge in [0.15, 0.2) is 6.10 Å². The fourth-order valence-corrected chi connectivity index (χ4v) is 3.03. The normalized spacial score (nSPS) is 18.7. The van der Waals surface area contributed by atoms with E-state index in [1.807, 2.05) is 11.1 Å². The number of carbonyl (C=O) groups excluding carboxylic acids is 1. The number of nitriles is 1. The van der Waals surface area contributed by atoms with Crippen LogP contribution in [0.3, 0.4) is 0 Å². The van der Waals surface area contributed by atoms with Crippen molar-refractivity contribution in [2.24, 2.45) is 0 Å². The lowest BCUT2D eigenvalue weighted by atomic mass is 10.0. The van der Waals surface area contributed by atoms with Gasteiger partial charge < -0.3 is 14.2 Å². The number of ether oxygens (including phenoxy) is 1. The van der Waals surface area contributed by atoms with Crippen molar-refractivity contribution in [3.8, 4) is 11.8 Å². The van der Waals surface area contributed by atoms with Gasteiger partial charge in [-0.1, -0.05) is 6.07 Å². The summed E-state index contributed by atoms with van der Waals surface area (Å²) in [6, 6.07) is 9.20. The largest absolute Gasteiger partial charge is 0.481 e. The zero-order valence-corrected chi connectivity index (χ0v) is 13.6. The number of hydrogen-bond donors (Lipinski definition) is 0. The average Bonchev–Trinajstić information content (AvgIpc) is 3.16. The number of rotatable bonds is 4. The number of imidazole rings is 1. The Hall–Kier alpha value is -2.81. The number of piperidine rings is 1. The lowest BCUT2D eigenvalue weighted by Crippen LogP contribution is -2.46. The number of likely N-dealkylation sites (tertiary alicyclic amines) is 1. The third-order valence-electron chi connectivity index (χ3n) is 4.28. The first-order valence-electron chi connectivity index (χ1n) is 8.10. The second-order valence-corrected chi connectivity index (χ2v) is 5.99. The highest BCUT2D eigenvalue weighted by atomic mass is 16.5. The highest BCUT2D eigenvalue weighted by molar-refractivity contribution is 5.81. The Morgan fingerprint density at radius 1 is 1.50 bits per heavy atom. The van der Waals surface area contributed by atoms with Crippen molar-refractivity contribution in [1.29, 1.82) is 5.26 Å². The van der Waals surface area contributed by atoms with Gasteiger partial charge in [0.1, 0.15) is 5.75 Å². The second-order valence-electron chi connectivity index (χ2n) is 5.99. The van der Waals surface area contributed by atoms with Gasteiger partial charge in [-0.05, 0) is 38.0 Å². The van der Waals surface area contributed by atoms with Gasteiger partial charge in [-0.3, -0.25) is 4.79 Å². The quantitative estimate of drug-likeness (QED) is 0.866. The predicted octanol–water partition coefficient (Wildman–Crippen LogP) is 2.39. The summed E-state index contributed by atoms with van der Waals surface area (Å²) in [5.41, 5.74) is 0.519. The van der Waals surface area contributed by atoms with Gasteiger partial charge in [-0.2, -0.15) is 5.26 Å². The molecule has 6 nitrogen and oxygen atoms in total. The van der Waals surface area contributed by atoms with Crippen LogP contribution >= 0.6 is 0 Å². The van der Waals surface area contributed by atoms with Crippen LogP contribution < -0.4 is 4.74 Å². The van der Waals surface area contributed by atoms with Crippen molar-refractivity contribution >= 4 is 5.91 Å². The Kier molecular flexibility index (Phi) is 4.80. The SMILES string of the molecule is CC(Oc1cccc(C#N)c1)C(=O)N1CCCC(n2ccnc2)C1. The summed E-state index contributed by atoms with van der Waals surface area (Å²) >= 11 is 0. The molecule has 0 aliphatic carbocycles. The lowest BCUT2D eigenvalue weighted by molar-refractivity contribution is -0.139. The van der Waals surface area contributed by atoms with E-state index in [0.717, 1.165) is 19.4 Å². The van der Waals surface area contributed by atoms with Crippen LogP contribution in [0, 0.1) is 11.3 Å². The van der Waals surface area contributed by atoms with Crippen LogP contribution in [0.15, 0.2) is 43.0 Å². The van der Waals surface area contributed by atoms with Gasteiger partial charge in [0.25, 0.3) is 5.91 Å². The van der Waals surface area contributed by atoms with Crippen molar-refractivity contribution in [1.82, 2.24) is 14.5 Å². The maximum atomic E-state index is 12.7. The molecule has 2 aromatic rings. The van der Waals surface area contributed by atoms with Gasteiger partial charge in [0, 0.05) is 25.5 Å². The molecule has 24 heavy (non-hydrogen) atoms. The van der Waals surface area contributed by atoms with Gasteiger partial charge in [0.05, 0.1) is 24.0 Å². The molecule has 0 saturated carbocycles. The maximum absolute atomic E-state index is 12.7. The van der Waals surface area contributed by atoms with Crippen molar-refractivity contribution in [2.45, 2.75) is 31.9 Å². The summed E-state index contributed by atoms with van der Waals surface area (Å²) in [6.45, 7) is 3.17. The van der Waals surface area contributed by atoms with Crippen LogP contribution in [-0.2, 0) is 4.79 Å². The van der Waals surface area contributed by atoms with E-state index in [9.17, 15) is 4.79 Å². The van der Waals surface area contributed by atoms with Crippen LogP contribution in [0.2, 0.25) is 0 Å². The van der Waals surface area contributed by atoms with Crippen LogP contribution in [0.4, 0.5) is 0 Å². The number of carbonyl (C=O) groups is 1. The number of nitrogens with zero attached hydrogens (tertiary/aromatic N) is 4. The topological polar surface area (TPSA) is 71.2 Å². The molecule has 0 bridgehead atoms. The fraction of sp³-hybridized carbons (Fsp3) is 0.389. The summed E-state index contributed by atoms with van der Waals surface area (Å²) in [6.07, 6.45) is 6.91. The van der Waals surface area contributed by atoms with Crippen molar-refractivity contribution in [3.05, 3.63) is 48.5 Å². The van der Waals surface area contributed by atoms with E-state index in [0.29, 0.717) is 17.9 Å². The van der Waals surface area contributed by atoms with E-state index in [1.165, 1.54) is 0 Å². The second kappa shape index (κ2) is 7.18. The molecule has 2 atom stereocenters. The van der Waals surface area contributed by atoms with Crippen LogP contribution in [-0.4, -0.2) is 39.6 Å². The van der Waals surface area contributed by atoms with E-state index in [-0.39, 0.29) is 11.9 Å². The lowest BCUT2D eigenvalue weighted by Gasteiger charge is -2.34. The van der Waals surface area contributed by atoms with E-state index in [1.54, 1.807) is 43.7 Å². The van der Waals surface area contributed by atoms with Crippen molar-refractivity contribution in [2.75, 3.05) is 13.1 Å². The molecule has 1 aromatic carbocycles. The number of aromatic nitrogens is 2. The van der Waals surface area contributed by atoms with Gasteiger partial charge in [0.2, 0.25) is 0 Å². The summed E-state index contributed by atoms with van der Waals surface area (Å²) in [4.78, 5) is 18.6. The molecule has 1 fully saturated rings. The molecule has 1 aliphatic rings. The Morgan fingerprint density at radius 3 is 3.12 bits per heavy atom. The Morgan fingerprint density at radius 2 is 2.38 bits per heavy atom. The minimum atomic E-state index is -0.583. The van der Waals surface area contributed by atoms with E-state index in [4.69, 9.17) is 10.00 Å². The van der Waals surface area contributed by atoms with E-state index in [2.05, 4.69) is 15.6 Å². The zero-order chi connectivity index (χ0) is 16.9. The Bertz CT molecular complexity index is 736. The Balaban J connectivity index is 1.63. The monoisotopic (exact) mass is 324 g/mol. The van der Waals surface area contributed by atoms with E-state index >= 15 is 0 Å². The number of hydrogen-bond acceptors (Lipinski definition) is 4. The molecule has 0 radical (unpaired) electrons. The molecule has 2 heterocycles. The first-order chi connectivity index (χ1) is 11.7. The minimum Gasteiger partial charge on any atom is -0.481 e. The van der Waals surface area contributed by atoms with Gasteiger partial charge in [-0.25, -0.2) is 4.98 Å². The molecule has 0 spiro atoms. The average molecular weight is 324 g/mol. The molecular formula is C18H20N4O2. The van der Waals surface area contributed by atoms with Crippen molar-refractivity contribution < 1.29 is 9.53 Å². The zero-order valence-electron chi connectivity index (χ0n) is 13.6. The molecular weight excluding hydrogens is 304 g/mol. The fourth-order valence-electron chi connectivity index (χ4n) is 3.03. The third kappa shape index (κ3) is 3.57. The molecule has 1 saturated heterocycles. The molecule has 0 N–H and O–H groups in total. The first-order valence-corrected chi connectivity index (χ1v) is 8.10. The van der Waals surface area contributed by atoms with Gasteiger partial charge in [-0.15, -0.1) is 0 Å². The van der Waals surface area contributed by atoms with Crippen LogP contribution in [0.25, 0.3) is 0 Å². The number of benzene rings is 1. The number of amides is 1. The minimum absolute atomic E-state index is 0.0258. The standard InChI is InChI=1S/C18H20N4O2/c1-14(24-17-6-2-4-15(10-17)11-19)18(23)21-8-3-5-16(12-21)22-9-7-20-13-22/h2,4,6-7,9-10,13-14,16H,3,5,8,12H2,1H3. The van der Waals surface area contributed by atoms with Crippen molar-refractivity contribution in [3.63, 3.8) is 0 Å². The maximum Gasteiger partial charge on any atom is 0.263 e. The summed E-state index contributed by atoms with van der Waals surface area (Å²) in [5.74, 6) is 0.514. The molecule has 124 valence electrons. The molecule has 1 amide bonds. The molecule has 3 rings (SSSR count). The summed E-state index contributed by atoms with van der Waals surface area (Å²) in [7, 11) is 0. The van der Waals surface area contributed by atoms with Gasteiger partial charge >= 0.3 is 0 Å². The molecule has 1 aromatic heterocycles. The summed E-state index contributed by atoms with van der Waals surface area (Å²) in [5, 5.41) is 8.94. The first kappa shape index (κ1) is 16.1. The van der Waals surface area contributed by atoms with E-state index < -0.39 is 6.10 Å².